The van der Waals surface area contributed by atoms with E-state index in [1.807, 2.05) is 11.3 Å². The SMILES string of the molecule is CC1(C)c2ccccc2-c2cc(-c3cc(-c4cc(-c5ccccc5)cc(-c5cccc6c5sc5ccccc56)c4)nc(-c4cccc5ccccc45)n3)ccc21. The van der Waals surface area contributed by atoms with Crippen LogP contribution in [0.5, 0.6) is 0 Å². The molecule has 0 radical (unpaired) electrons. The molecule has 0 saturated carbocycles. The molecule has 11 rings (SSSR count). The summed E-state index contributed by atoms with van der Waals surface area (Å²) in [5.74, 6) is 0.716. The Balaban J connectivity index is 1.16. The van der Waals surface area contributed by atoms with Gasteiger partial charge in [-0.25, -0.2) is 9.97 Å². The van der Waals surface area contributed by atoms with Crippen LogP contribution in [0.4, 0.5) is 0 Å². The first kappa shape index (κ1) is 32.7. The van der Waals surface area contributed by atoms with Crippen molar-refractivity contribution in [3.8, 4) is 67.3 Å². The normalized spacial score (nSPS) is 13.0. The first-order chi connectivity index (χ1) is 27.5. The summed E-state index contributed by atoms with van der Waals surface area (Å²) in [7, 11) is 0. The molecule has 1 aliphatic carbocycles. The Morgan fingerprint density at radius 1 is 0.393 bits per heavy atom. The summed E-state index contributed by atoms with van der Waals surface area (Å²) in [6.07, 6.45) is 0. The molecule has 0 N–H and O–H groups in total. The lowest BCUT2D eigenvalue weighted by Crippen LogP contribution is -2.14. The van der Waals surface area contributed by atoms with E-state index in [4.69, 9.17) is 9.97 Å². The molecule has 0 atom stereocenters. The zero-order chi connectivity index (χ0) is 37.4. The predicted molar refractivity (Wildman–Crippen MR) is 237 cm³/mol. The Kier molecular flexibility index (Phi) is 7.42. The summed E-state index contributed by atoms with van der Waals surface area (Å²) < 4.78 is 2.60. The second-order valence-electron chi connectivity index (χ2n) is 15.4. The molecule has 0 bridgehead atoms. The number of aromatic nitrogens is 2. The maximum absolute atomic E-state index is 5.44. The van der Waals surface area contributed by atoms with Crippen LogP contribution in [0.2, 0.25) is 0 Å². The lowest BCUT2D eigenvalue weighted by molar-refractivity contribution is 0.660. The predicted octanol–water partition coefficient (Wildman–Crippen LogP) is 14.6. The molecule has 0 saturated heterocycles. The van der Waals surface area contributed by atoms with Crippen molar-refractivity contribution in [2.24, 2.45) is 0 Å². The monoisotopic (exact) mass is 732 g/mol. The van der Waals surface area contributed by atoms with Crippen LogP contribution < -0.4 is 0 Å². The van der Waals surface area contributed by atoms with Crippen molar-refractivity contribution in [2.45, 2.75) is 19.3 Å². The van der Waals surface area contributed by atoms with Crippen molar-refractivity contribution >= 4 is 42.3 Å². The highest BCUT2D eigenvalue weighted by atomic mass is 32.1. The third kappa shape index (κ3) is 5.23. The molecule has 2 nitrogen and oxygen atoms in total. The molecular formula is C53H36N2S. The Hall–Kier alpha value is -6.68. The second kappa shape index (κ2) is 12.7. The Bertz CT molecular complexity index is 3170. The van der Waals surface area contributed by atoms with E-state index in [1.54, 1.807) is 0 Å². The first-order valence-corrected chi connectivity index (χ1v) is 20.0. The van der Waals surface area contributed by atoms with Gasteiger partial charge < -0.3 is 0 Å². The molecule has 264 valence electrons. The van der Waals surface area contributed by atoms with Gasteiger partial charge in [-0.3, -0.25) is 0 Å². The zero-order valence-corrected chi connectivity index (χ0v) is 31.9. The molecular weight excluding hydrogens is 697 g/mol. The van der Waals surface area contributed by atoms with Gasteiger partial charge in [-0.05, 0) is 91.7 Å². The van der Waals surface area contributed by atoms with Gasteiger partial charge in [-0.15, -0.1) is 11.3 Å². The van der Waals surface area contributed by atoms with Gasteiger partial charge in [0.05, 0.1) is 11.4 Å². The number of rotatable bonds is 5. The summed E-state index contributed by atoms with van der Waals surface area (Å²) in [6.45, 7) is 4.66. The van der Waals surface area contributed by atoms with Crippen LogP contribution in [0.25, 0.3) is 98.2 Å². The van der Waals surface area contributed by atoms with Crippen LogP contribution in [0, 0.1) is 0 Å². The fourth-order valence-electron chi connectivity index (χ4n) is 8.87. The highest BCUT2D eigenvalue weighted by molar-refractivity contribution is 7.26. The van der Waals surface area contributed by atoms with Gasteiger partial charge in [0.1, 0.15) is 0 Å². The Morgan fingerprint density at radius 3 is 1.91 bits per heavy atom. The summed E-state index contributed by atoms with van der Waals surface area (Å²) in [6, 6.07) is 66.0. The Labute approximate surface area is 330 Å². The molecule has 0 spiro atoms. The molecule has 0 unspecified atom stereocenters. The second-order valence-corrected chi connectivity index (χ2v) is 16.4. The van der Waals surface area contributed by atoms with E-state index in [-0.39, 0.29) is 5.41 Å². The number of benzene rings is 8. The van der Waals surface area contributed by atoms with E-state index in [9.17, 15) is 0 Å². The molecule has 56 heavy (non-hydrogen) atoms. The van der Waals surface area contributed by atoms with E-state index in [0.29, 0.717) is 5.82 Å². The van der Waals surface area contributed by atoms with E-state index >= 15 is 0 Å². The standard InChI is InChI=1S/C53H36N2S/c1-53(2)46-24-10-8-19-41(46)45-31-35(26-27-47(45)53)48-32-49(55-52(54-48)44-23-12-17-34-16-6-7-18-39(34)44)38-29-36(33-14-4-3-5-15-33)28-37(30-38)40-21-13-22-43-42-20-9-11-25-50(42)56-51(40)43/h3-32H,1-2H3. The van der Waals surface area contributed by atoms with Gasteiger partial charge in [0, 0.05) is 42.3 Å². The van der Waals surface area contributed by atoms with Gasteiger partial charge in [-0.2, -0.15) is 0 Å². The first-order valence-electron chi connectivity index (χ1n) is 19.2. The number of hydrogen-bond donors (Lipinski definition) is 0. The summed E-state index contributed by atoms with van der Waals surface area (Å²) in [5, 5.41) is 4.90. The van der Waals surface area contributed by atoms with Crippen LogP contribution in [0.15, 0.2) is 182 Å². The van der Waals surface area contributed by atoms with Gasteiger partial charge in [0.15, 0.2) is 5.82 Å². The molecule has 0 fully saturated rings. The quantitative estimate of drug-likeness (QED) is 0.176. The van der Waals surface area contributed by atoms with Crippen LogP contribution in [-0.2, 0) is 5.41 Å². The highest BCUT2D eigenvalue weighted by Crippen LogP contribution is 2.50. The van der Waals surface area contributed by atoms with Crippen LogP contribution in [0.3, 0.4) is 0 Å². The summed E-state index contributed by atoms with van der Waals surface area (Å²) in [4.78, 5) is 10.8. The molecule has 0 aliphatic heterocycles. The summed E-state index contributed by atoms with van der Waals surface area (Å²) >= 11 is 1.87. The Morgan fingerprint density at radius 2 is 1.02 bits per heavy atom. The van der Waals surface area contributed by atoms with Crippen LogP contribution in [-0.4, -0.2) is 9.97 Å². The summed E-state index contributed by atoms with van der Waals surface area (Å²) in [5.41, 5.74) is 14.9. The van der Waals surface area contributed by atoms with Gasteiger partial charge in [-0.1, -0.05) is 159 Å². The fraction of sp³-hybridized carbons (Fsp3) is 0.0566. The smallest absolute Gasteiger partial charge is 0.161 e. The minimum Gasteiger partial charge on any atom is -0.228 e. The molecule has 2 aromatic heterocycles. The molecule has 3 heteroatoms. The molecule has 8 aromatic carbocycles. The number of hydrogen-bond acceptors (Lipinski definition) is 3. The highest BCUT2D eigenvalue weighted by Gasteiger charge is 2.35. The van der Waals surface area contributed by atoms with E-state index in [1.165, 1.54) is 64.5 Å². The minimum atomic E-state index is -0.0685. The zero-order valence-electron chi connectivity index (χ0n) is 31.1. The van der Waals surface area contributed by atoms with Crippen molar-refractivity contribution in [1.29, 1.82) is 0 Å². The third-order valence-corrected chi connectivity index (χ3v) is 12.9. The molecule has 1 aliphatic rings. The van der Waals surface area contributed by atoms with Crippen molar-refractivity contribution in [1.82, 2.24) is 9.97 Å². The van der Waals surface area contributed by atoms with Crippen molar-refractivity contribution in [2.75, 3.05) is 0 Å². The largest absolute Gasteiger partial charge is 0.228 e. The van der Waals surface area contributed by atoms with Crippen molar-refractivity contribution in [3.63, 3.8) is 0 Å². The lowest BCUT2D eigenvalue weighted by atomic mass is 9.82. The third-order valence-electron chi connectivity index (χ3n) is 11.7. The maximum atomic E-state index is 5.44. The number of thiophene rings is 1. The van der Waals surface area contributed by atoms with E-state index in [0.717, 1.165) is 39.0 Å². The van der Waals surface area contributed by atoms with Crippen LogP contribution in [0.1, 0.15) is 25.0 Å². The molecule has 2 heterocycles. The van der Waals surface area contributed by atoms with Crippen molar-refractivity contribution in [3.05, 3.63) is 193 Å². The van der Waals surface area contributed by atoms with Crippen LogP contribution >= 0.6 is 11.3 Å². The maximum Gasteiger partial charge on any atom is 0.161 e. The van der Waals surface area contributed by atoms with Gasteiger partial charge >= 0.3 is 0 Å². The average Bonchev–Trinajstić information content (AvgIpc) is 3.75. The fourth-order valence-corrected chi connectivity index (χ4v) is 10.1. The molecule has 0 amide bonds. The van der Waals surface area contributed by atoms with Gasteiger partial charge in [0.2, 0.25) is 0 Å². The van der Waals surface area contributed by atoms with E-state index in [2.05, 4.69) is 196 Å². The van der Waals surface area contributed by atoms with Gasteiger partial charge in [0.25, 0.3) is 0 Å². The lowest BCUT2D eigenvalue weighted by Gasteiger charge is -2.21. The number of nitrogens with zero attached hydrogens (tertiary/aromatic N) is 2. The van der Waals surface area contributed by atoms with E-state index < -0.39 is 0 Å². The minimum absolute atomic E-state index is 0.0685. The number of fused-ring (bicyclic) bond motifs is 7. The molecule has 10 aromatic rings. The van der Waals surface area contributed by atoms with Crippen molar-refractivity contribution < 1.29 is 0 Å². The topological polar surface area (TPSA) is 25.8 Å². The average molecular weight is 733 g/mol.